The molecule has 0 saturated carbocycles. The fourth-order valence-electron chi connectivity index (χ4n) is 4.25. The first-order valence-electron chi connectivity index (χ1n) is 14.6. The molecule has 0 aliphatic heterocycles. The Bertz CT molecular complexity index is 1420. The van der Waals surface area contributed by atoms with Crippen LogP contribution in [-0.2, 0) is 46.4 Å². The summed E-state index contributed by atoms with van der Waals surface area (Å²) in [5.41, 5.74) is 7.24. The molecule has 47 heavy (non-hydrogen) atoms. The van der Waals surface area contributed by atoms with Gasteiger partial charge in [-0.15, -0.1) is 0 Å². The number of aromatic hydroxyl groups is 1. The third-order valence-electron chi connectivity index (χ3n) is 6.77. The second-order valence-electron chi connectivity index (χ2n) is 11.0. The van der Waals surface area contributed by atoms with E-state index in [0.29, 0.717) is 11.1 Å². The molecular formula is C31H40N6O10. The number of phenols is 1. The standard InChI is InChI=1S/C31H40N6O10/c1-17(2)27(30(45)36-23(31(46)47)14-26(41)42)37-29(44)22(13-18-6-4-3-5-7-18)35-25(40)16-33-24(39)15-34-28(43)21(32)12-19-8-10-20(38)11-9-19/h3-11,17,21-23,27,38H,12-16,32H2,1-2H3,(H,33,39)(H,34,43)(H,35,40)(H,36,45)(H,37,44)(H,41,42)(H,46,47)/t21-,22-,23-,27-/m0/s1. The number of nitrogens with one attached hydrogen (secondary N) is 5. The van der Waals surface area contributed by atoms with Gasteiger partial charge in [0.2, 0.25) is 29.5 Å². The summed E-state index contributed by atoms with van der Waals surface area (Å²) in [6.07, 6.45) is -0.734. The van der Waals surface area contributed by atoms with Gasteiger partial charge in [-0.25, -0.2) is 4.79 Å². The van der Waals surface area contributed by atoms with E-state index in [0.717, 1.165) is 0 Å². The van der Waals surface area contributed by atoms with Crippen LogP contribution in [0.2, 0.25) is 0 Å². The predicted molar refractivity (Wildman–Crippen MR) is 166 cm³/mol. The van der Waals surface area contributed by atoms with Gasteiger partial charge in [0.15, 0.2) is 0 Å². The minimum Gasteiger partial charge on any atom is -0.508 e. The average molecular weight is 657 g/mol. The molecule has 2 rings (SSSR count). The summed E-state index contributed by atoms with van der Waals surface area (Å²) in [5.74, 6) is -7.31. The summed E-state index contributed by atoms with van der Waals surface area (Å²) in [4.78, 5) is 86.1. The normalized spacial score (nSPS) is 13.3. The highest BCUT2D eigenvalue weighted by Crippen LogP contribution is 2.11. The Hall–Kier alpha value is -5.51. The average Bonchev–Trinajstić information content (AvgIpc) is 3.01. The lowest BCUT2D eigenvalue weighted by atomic mass is 10.0. The number of benzene rings is 2. The summed E-state index contributed by atoms with van der Waals surface area (Å²) in [6.45, 7) is 2.12. The molecule has 5 amide bonds. The number of hydrogen-bond acceptors (Lipinski definition) is 9. The van der Waals surface area contributed by atoms with Crippen LogP contribution in [-0.4, -0.2) is 94.1 Å². The van der Waals surface area contributed by atoms with E-state index in [1.807, 2.05) is 0 Å². The molecule has 0 aromatic heterocycles. The van der Waals surface area contributed by atoms with Gasteiger partial charge in [0.05, 0.1) is 25.6 Å². The largest absolute Gasteiger partial charge is 0.508 e. The molecule has 0 saturated heterocycles. The number of rotatable bonds is 18. The topological polar surface area (TPSA) is 266 Å². The van der Waals surface area contributed by atoms with Crippen LogP contribution in [0.5, 0.6) is 5.75 Å². The Morgan fingerprint density at radius 3 is 1.85 bits per heavy atom. The molecule has 0 heterocycles. The van der Waals surface area contributed by atoms with Crippen molar-refractivity contribution in [2.45, 2.75) is 57.3 Å². The van der Waals surface area contributed by atoms with Gasteiger partial charge >= 0.3 is 11.9 Å². The molecule has 0 aliphatic rings. The maximum Gasteiger partial charge on any atom is 0.326 e. The smallest absolute Gasteiger partial charge is 0.326 e. The third-order valence-corrected chi connectivity index (χ3v) is 6.77. The van der Waals surface area contributed by atoms with E-state index in [2.05, 4.69) is 26.6 Å². The molecule has 16 heteroatoms. The highest BCUT2D eigenvalue weighted by atomic mass is 16.4. The first-order valence-corrected chi connectivity index (χ1v) is 14.6. The Morgan fingerprint density at radius 2 is 1.28 bits per heavy atom. The van der Waals surface area contributed by atoms with E-state index in [1.54, 1.807) is 56.3 Å². The van der Waals surface area contributed by atoms with Crippen molar-refractivity contribution in [3.63, 3.8) is 0 Å². The van der Waals surface area contributed by atoms with Crippen LogP contribution < -0.4 is 32.3 Å². The summed E-state index contributed by atoms with van der Waals surface area (Å²) in [5, 5.41) is 39.5. The third kappa shape index (κ3) is 13.6. The Morgan fingerprint density at radius 1 is 0.681 bits per heavy atom. The molecule has 2 aromatic rings. The van der Waals surface area contributed by atoms with Crippen molar-refractivity contribution in [2.24, 2.45) is 11.7 Å². The number of carboxylic acid groups (broad SMARTS) is 2. The van der Waals surface area contributed by atoms with Crippen LogP contribution in [0.3, 0.4) is 0 Å². The van der Waals surface area contributed by atoms with Gasteiger partial charge in [-0.1, -0.05) is 56.3 Å². The van der Waals surface area contributed by atoms with Crippen molar-refractivity contribution < 1.29 is 48.9 Å². The molecule has 10 N–H and O–H groups in total. The molecule has 0 spiro atoms. The number of nitrogens with two attached hydrogens (primary N) is 1. The van der Waals surface area contributed by atoms with E-state index in [4.69, 9.17) is 10.8 Å². The van der Waals surface area contributed by atoms with Crippen molar-refractivity contribution in [2.75, 3.05) is 13.1 Å². The van der Waals surface area contributed by atoms with Crippen molar-refractivity contribution in [1.82, 2.24) is 26.6 Å². The highest BCUT2D eigenvalue weighted by Gasteiger charge is 2.32. The second kappa shape index (κ2) is 18.5. The molecular weight excluding hydrogens is 616 g/mol. The van der Waals surface area contributed by atoms with Gasteiger partial charge in [0.25, 0.3) is 0 Å². The lowest BCUT2D eigenvalue weighted by Crippen LogP contribution is -2.58. The number of carbonyl (C=O) groups excluding carboxylic acids is 5. The van der Waals surface area contributed by atoms with Gasteiger partial charge in [0.1, 0.15) is 23.9 Å². The number of amides is 5. The van der Waals surface area contributed by atoms with Gasteiger partial charge < -0.3 is 47.6 Å². The molecule has 0 radical (unpaired) electrons. The maximum atomic E-state index is 13.4. The molecule has 0 aliphatic carbocycles. The van der Waals surface area contributed by atoms with Crippen molar-refractivity contribution in [3.8, 4) is 5.75 Å². The molecule has 0 unspecified atom stereocenters. The number of hydrogen-bond donors (Lipinski definition) is 9. The fraction of sp³-hybridized carbons (Fsp3) is 0.387. The van der Waals surface area contributed by atoms with Gasteiger partial charge in [0, 0.05) is 6.42 Å². The number of carboxylic acids is 2. The maximum absolute atomic E-state index is 13.4. The van der Waals surface area contributed by atoms with Crippen LogP contribution in [0.4, 0.5) is 0 Å². The zero-order valence-electron chi connectivity index (χ0n) is 25.9. The second-order valence-corrected chi connectivity index (χ2v) is 11.0. The van der Waals surface area contributed by atoms with E-state index in [-0.39, 0.29) is 18.6 Å². The van der Waals surface area contributed by atoms with Crippen molar-refractivity contribution in [1.29, 1.82) is 0 Å². The fourth-order valence-corrected chi connectivity index (χ4v) is 4.25. The SMILES string of the molecule is CC(C)[C@H](NC(=O)[C@H](Cc1ccccc1)NC(=O)CNC(=O)CNC(=O)[C@@H](N)Cc1ccc(O)cc1)C(=O)N[C@@H](CC(=O)O)C(=O)O. The van der Waals surface area contributed by atoms with Crippen LogP contribution >= 0.6 is 0 Å². The van der Waals surface area contributed by atoms with Crippen molar-refractivity contribution in [3.05, 3.63) is 65.7 Å². The number of phenolic OH excluding ortho intramolecular Hbond substituents is 1. The van der Waals surface area contributed by atoms with E-state index >= 15 is 0 Å². The van der Waals surface area contributed by atoms with Crippen LogP contribution in [0.25, 0.3) is 0 Å². The Kier molecular flexibility index (Phi) is 14.8. The summed E-state index contributed by atoms with van der Waals surface area (Å²) in [7, 11) is 0. The monoisotopic (exact) mass is 656 g/mol. The molecule has 4 atom stereocenters. The van der Waals surface area contributed by atoms with E-state index in [9.17, 15) is 43.8 Å². The zero-order chi connectivity index (χ0) is 35.1. The van der Waals surface area contributed by atoms with Crippen LogP contribution in [0.15, 0.2) is 54.6 Å². The first kappa shape index (κ1) is 37.7. The van der Waals surface area contributed by atoms with E-state index in [1.165, 1.54) is 12.1 Å². The minimum absolute atomic E-state index is 0.00939. The Labute approximate surface area is 270 Å². The minimum atomic E-state index is -1.73. The van der Waals surface area contributed by atoms with Crippen molar-refractivity contribution >= 4 is 41.5 Å². The van der Waals surface area contributed by atoms with E-state index < -0.39 is 91.1 Å². The number of carbonyl (C=O) groups is 7. The molecule has 0 fully saturated rings. The molecule has 254 valence electrons. The Balaban J connectivity index is 1.99. The zero-order valence-corrected chi connectivity index (χ0v) is 25.9. The number of aliphatic carboxylic acids is 2. The van der Waals surface area contributed by atoms with Crippen LogP contribution in [0, 0.1) is 5.92 Å². The van der Waals surface area contributed by atoms with Crippen LogP contribution in [0.1, 0.15) is 31.4 Å². The summed E-state index contributed by atoms with van der Waals surface area (Å²) in [6, 6.07) is 9.49. The summed E-state index contributed by atoms with van der Waals surface area (Å²) < 4.78 is 0. The molecule has 2 aromatic carbocycles. The first-order chi connectivity index (χ1) is 22.2. The lowest BCUT2D eigenvalue weighted by molar-refractivity contribution is -0.147. The predicted octanol–water partition coefficient (Wildman–Crippen LogP) is -1.59. The quantitative estimate of drug-likeness (QED) is 0.0882. The van der Waals surface area contributed by atoms with Gasteiger partial charge in [-0.3, -0.25) is 28.8 Å². The molecule has 16 nitrogen and oxygen atoms in total. The van der Waals surface area contributed by atoms with Gasteiger partial charge in [-0.05, 0) is 35.6 Å². The highest BCUT2D eigenvalue weighted by molar-refractivity contribution is 5.95. The van der Waals surface area contributed by atoms with Gasteiger partial charge in [-0.2, -0.15) is 0 Å². The lowest BCUT2D eigenvalue weighted by Gasteiger charge is -2.26. The molecule has 0 bridgehead atoms. The summed E-state index contributed by atoms with van der Waals surface area (Å²) >= 11 is 0.